The van der Waals surface area contributed by atoms with E-state index >= 15 is 0 Å². The molecule has 1 saturated carbocycles. The van der Waals surface area contributed by atoms with Crippen LogP contribution < -0.4 is 9.64 Å². The van der Waals surface area contributed by atoms with Gasteiger partial charge in [0, 0.05) is 11.6 Å². The summed E-state index contributed by atoms with van der Waals surface area (Å²) < 4.78 is 20.6. The van der Waals surface area contributed by atoms with Gasteiger partial charge in [-0.15, -0.1) is 0 Å². The molecule has 26 heavy (non-hydrogen) atoms. The number of imide groups is 1. The highest BCUT2D eigenvalue weighted by molar-refractivity contribution is 6.32. The third kappa shape index (κ3) is 2.92. The van der Waals surface area contributed by atoms with E-state index in [1.54, 1.807) is 6.08 Å². The standard InChI is InChI=1S/C20H21ClFNO3/c1-11-6-7-12-8-14(11)20(25)23(19(12)24)17-10-18(15(21)9-16(17)22)26-13-4-2-3-5-13/h8-11,13-14H,2-7H2,1H3. The Labute approximate surface area is 156 Å². The second-order valence-electron chi connectivity index (χ2n) is 7.47. The van der Waals surface area contributed by atoms with Gasteiger partial charge in [0.25, 0.3) is 5.91 Å². The molecule has 0 radical (unpaired) electrons. The van der Waals surface area contributed by atoms with Gasteiger partial charge in [-0.3, -0.25) is 9.59 Å². The van der Waals surface area contributed by atoms with Crippen LogP contribution in [0.4, 0.5) is 10.1 Å². The average Bonchev–Trinajstić information content (AvgIpc) is 3.11. The summed E-state index contributed by atoms with van der Waals surface area (Å²) in [5.74, 6) is -1.43. The first-order valence-corrected chi connectivity index (χ1v) is 9.58. The van der Waals surface area contributed by atoms with Crippen molar-refractivity contribution in [3.8, 4) is 5.75 Å². The Balaban J connectivity index is 1.71. The van der Waals surface area contributed by atoms with Crippen molar-refractivity contribution in [2.75, 3.05) is 4.90 Å². The highest BCUT2D eigenvalue weighted by atomic mass is 35.5. The van der Waals surface area contributed by atoms with Crippen LogP contribution in [-0.4, -0.2) is 17.9 Å². The fraction of sp³-hybridized carbons (Fsp3) is 0.500. The molecule has 2 unspecified atom stereocenters. The lowest BCUT2D eigenvalue weighted by Crippen LogP contribution is -2.48. The summed E-state index contributed by atoms with van der Waals surface area (Å²) >= 11 is 6.15. The molecule has 138 valence electrons. The fourth-order valence-corrected chi connectivity index (χ4v) is 4.30. The Morgan fingerprint density at radius 1 is 1.19 bits per heavy atom. The molecular formula is C20H21ClFNO3. The maximum absolute atomic E-state index is 14.6. The Morgan fingerprint density at radius 3 is 2.65 bits per heavy atom. The van der Waals surface area contributed by atoms with E-state index in [2.05, 4.69) is 0 Å². The van der Waals surface area contributed by atoms with Crippen LogP contribution in [0.25, 0.3) is 0 Å². The Morgan fingerprint density at radius 2 is 1.92 bits per heavy atom. The Kier molecular flexibility index (Phi) is 4.51. The van der Waals surface area contributed by atoms with Crippen LogP contribution in [0.5, 0.6) is 5.75 Å². The van der Waals surface area contributed by atoms with Crippen LogP contribution in [0.3, 0.4) is 0 Å². The number of hydrogen-bond acceptors (Lipinski definition) is 3. The van der Waals surface area contributed by atoms with Crippen LogP contribution in [0.2, 0.25) is 5.02 Å². The minimum Gasteiger partial charge on any atom is -0.489 e. The lowest BCUT2D eigenvalue weighted by molar-refractivity contribution is -0.129. The molecule has 2 aliphatic carbocycles. The number of carbonyl (C=O) groups is 2. The van der Waals surface area contributed by atoms with Gasteiger partial charge >= 0.3 is 0 Å². The van der Waals surface area contributed by atoms with Crippen molar-refractivity contribution in [1.82, 2.24) is 0 Å². The van der Waals surface area contributed by atoms with Gasteiger partial charge in [-0.25, -0.2) is 9.29 Å². The predicted octanol–water partition coefficient (Wildman–Crippen LogP) is 4.65. The van der Waals surface area contributed by atoms with Gasteiger partial charge in [-0.2, -0.15) is 0 Å². The minimum atomic E-state index is -0.691. The topological polar surface area (TPSA) is 46.6 Å². The number of amides is 2. The first kappa shape index (κ1) is 17.5. The zero-order valence-electron chi connectivity index (χ0n) is 14.6. The zero-order chi connectivity index (χ0) is 18.4. The van der Waals surface area contributed by atoms with E-state index in [1.807, 2.05) is 6.92 Å². The zero-order valence-corrected chi connectivity index (χ0v) is 15.4. The SMILES string of the molecule is CC1CCC2=CC1C(=O)N(c1cc(OC3CCCC3)c(Cl)cc1F)C2=O. The number of ether oxygens (including phenoxy) is 1. The summed E-state index contributed by atoms with van der Waals surface area (Å²) in [7, 11) is 0. The summed E-state index contributed by atoms with van der Waals surface area (Å²) in [6, 6.07) is 2.53. The summed E-state index contributed by atoms with van der Waals surface area (Å²) in [5.41, 5.74) is 0.516. The van der Waals surface area contributed by atoms with Crippen molar-refractivity contribution in [2.45, 2.75) is 51.6 Å². The Hall–Kier alpha value is -1.88. The van der Waals surface area contributed by atoms with Gasteiger partial charge in [0.2, 0.25) is 5.91 Å². The van der Waals surface area contributed by atoms with Crippen LogP contribution in [0, 0.1) is 17.7 Å². The van der Waals surface area contributed by atoms with E-state index in [0.29, 0.717) is 17.7 Å². The summed E-state index contributed by atoms with van der Waals surface area (Å²) in [4.78, 5) is 26.6. The molecule has 4 nitrogen and oxygen atoms in total. The van der Waals surface area contributed by atoms with Gasteiger partial charge in [-0.05, 0) is 50.5 Å². The van der Waals surface area contributed by atoms with Crippen LogP contribution in [0.15, 0.2) is 23.8 Å². The van der Waals surface area contributed by atoms with Crippen LogP contribution in [0.1, 0.15) is 45.4 Å². The van der Waals surface area contributed by atoms with E-state index in [4.69, 9.17) is 16.3 Å². The molecule has 0 N–H and O–H groups in total. The second kappa shape index (κ2) is 6.69. The second-order valence-corrected chi connectivity index (χ2v) is 7.88. The molecule has 0 aromatic heterocycles. The molecule has 4 rings (SSSR count). The van der Waals surface area contributed by atoms with Gasteiger partial charge in [-0.1, -0.05) is 24.6 Å². The molecule has 1 aliphatic heterocycles. The number of halogens is 2. The summed E-state index contributed by atoms with van der Waals surface area (Å²) in [6.07, 6.45) is 7.23. The Bertz CT molecular complexity index is 800. The van der Waals surface area contributed by atoms with Crippen molar-refractivity contribution in [2.24, 2.45) is 11.8 Å². The minimum absolute atomic E-state index is 0.0423. The van der Waals surface area contributed by atoms with Crippen molar-refractivity contribution in [3.05, 3.63) is 34.6 Å². The van der Waals surface area contributed by atoms with E-state index in [0.717, 1.165) is 43.1 Å². The van der Waals surface area contributed by atoms with Gasteiger partial charge in [0.05, 0.1) is 22.7 Å². The van der Waals surface area contributed by atoms with Crippen molar-refractivity contribution >= 4 is 29.1 Å². The van der Waals surface area contributed by atoms with Gasteiger partial charge < -0.3 is 4.74 Å². The van der Waals surface area contributed by atoms with Crippen molar-refractivity contribution in [1.29, 1.82) is 0 Å². The summed E-state index contributed by atoms with van der Waals surface area (Å²) in [5, 5.41) is 0.155. The van der Waals surface area contributed by atoms with E-state index in [-0.39, 0.29) is 34.6 Å². The highest BCUT2D eigenvalue weighted by Crippen LogP contribution is 2.40. The lowest BCUT2D eigenvalue weighted by atomic mass is 9.78. The van der Waals surface area contributed by atoms with Crippen LogP contribution >= 0.6 is 11.6 Å². The molecule has 1 fully saturated rings. The quantitative estimate of drug-likeness (QED) is 0.720. The van der Waals surface area contributed by atoms with Crippen molar-refractivity contribution in [3.63, 3.8) is 0 Å². The number of anilines is 1. The third-order valence-corrected chi connectivity index (χ3v) is 5.98. The van der Waals surface area contributed by atoms with Gasteiger partial charge in [0.15, 0.2) is 0 Å². The first-order chi connectivity index (χ1) is 12.5. The molecule has 2 atom stereocenters. The lowest BCUT2D eigenvalue weighted by Gasteiger charge is -2.36. The van der Waals surface area contributed by atoms with E-state index in [9.17, 15) is 14.0 Å². The van der Waals surface area contributed by atoms with Crippen LogP contribution in [-0.2, 0) is 9.59 Å². The van der Waals surface area contributed by atoms with E-state index < -0.39 is 11.7 Å². The van der Waals surface area contributed by atoms with E-state index in [1.165, 1.54) is 6.07 Å². The molecular weight excluding hydrogens is 357 g/mol. The normalized spacial score (nSPS) is 26.3. The molecule has 3 aliphatic rings. The monoisotopic (exact) mass is 377 g/mol. The molecule has 0 saturated heterocycles. The van der Waals surface area contributed by atoms with Crippen molar-refractivity contribution < 1.29 is 18.7 Å². The first-order valence-electron chi connectivity index (χ1n) is 9.20. The molecule has 1 aromatic rings. The van der Waals surface area contributed by atoms with Gasteiger partial charge in [0.1, 0.15) is 11.6 Å². The number of benzene rings is 1. The maximum Gasteiger partial charge on any atom is 0.260 e. The largest absolute Gasteiger partial charge is 0.489 e. The average molecular weight is 378 g/mol. The summed E-state index contributed by atoms with van der Waals surface area (Å²) in [6.45, 7) is 1.98. The highest BCUT2D eigenvalue weighted by Gasteiger charge is 2.42. The number of hydrogen-bond donors (Lipinski definition) is 0. The number of fused-ring (bicyclic) bond motifs is 1. The number of nitrogens with zero attached hydrogens (tertiary/aromatic N) is 1. The number of carbonyl (C=O) groups excluding carboxylic acids is 2. The number of rotatable bonds is 3. The maximum atomic E-state index is 14.6. The predicted molar refractivity (Wildman–Crippen MR) is 96.8 cm³/mol. The smallest absolute Gasteiger partial charge is 0.260 e. The molecule has 2 bridgehead atoms. The molecule has 1 aromatic carbocycles. The molecule has 1 heterocycles. The fourth-order valence-electron chi connectivity index (χ4n) is 4.11. The third-order valence-electron chi connectivity index (χ3n) is 5.68. The molecule has 2 amide bonds. The molecule has 6 heteroatoms. The molecule has 0 spiro atoms.